The number of nitrogens with zero attached hydrogens (tertiary/aromatic N) is 1. The first-order valence-corrected chi connectivity index (χ1v) is 13.3. The smallest absolute Gasteiger partial charge is 0.870 e. The summed E-state index contributed by atoms with van der Waals surface area (Å²) in [5.41, 5.74) is 5.23. The molecule has 0 spiro atoms. The number of aromatic nitrogens is 1. The monoisotopic (exact) mass is 589 g/mol. The minimum atomic E-state index is -0.606. The molecule has 1 aliphatic carbocycles. The van der Waals surface area contributed by atoms with Gasteiger partial charge in [0.05, 0.1) is 16.3 Å². The summed E-state index contributed by atoms with van der Waals surface area (Å²) in [5.74, 6) is 0. The number of ether oxygens (including phenoxy) is 1. The number of carbonyl (C=O) groups excluding carboxylic acids is 2. The summed E-state index contributed by atoms with van der Waals surface area (Å²) in [4.78, 5) is 24.8. The summed E-state index contributed by atoms with van der Waals surface area (Å²) in [6.45, 7) is 3.59. The number of hydrogen-bond donors (Lipinski definition) is 1. The summed E-state index contributed by atoms with van der Waals surface area (Å²) in [5, 5.41) is 3.90. The second-order valence-corrected chi connectivity index (χ2v) is 10.7. The Morgan fingerprint density at radius 1 is 1.05 bits per heavy atom. The van der Waals surface area contributed by atoms with Gasteiger partial charge in [0.1, 0.15) is 6.10 Å². The number of nitrogens with one attached hydrogen (secondary N) is 1. The third-order valence-electron chi connectivity index (χ3n) is 6.65. The van der Waals surface area contributed by atoms with Gasteiger partial charge in [-0.25, -0.2) is 4.79 Å². The molecule has 1 fully saturated rings. The molecule has 1 amide bonds. The van der Waals surface area contributed by atoms with Crippen molar-refractivity contribution in [2.75, 3.05) is 5.32 Å². The summed E-state index contributed by atoms with van der Waals surface area (Å²) >= 11 is 14.2. The summed E-state index contributed by atoms with van der Waals surface area (Å²) in [6.07, 6.45) is 2.76. The van der Waals surface area contributed by atoms with Crippen LogP contribution >= 0.6 is 34.7 Å². The number of anilines is 1. The van der Waals surface area contributed by atoms with Crippen molar-refractivity contribution in [3.05, 3.63) is 93.6 Å². The molecular weight excluding hydrogens is 566 g/mol. The Bertz CT molecular complexity index is 1490. The van der Waals surface area contributed by atoms with Gasteiger partial charge in [0.15, 0.2) is 0 Å². The third-order valence-corrected chi connectivity index (χ3v) is 8.28. The van der Waals surface area contributed by atoms with Gasteiger partial charge in [0.2, 0.25) is 0 Å². The Morgan fingerprint density at radius 3 is 2.33 bits per heavy atom. The minimum absolute atomic E-state index is 0. The molecule has 39 heavy (non-hydrogen) atoms. The van der Waals surface area contributed by atoms with Crippen molar-refractivity contribution in [2.24, 2.45) is 0 Å². The van der Waals surface area contributed by atoms with Gasteiger partial charge in [0, 0.05) is 21.2 Å². The second-order valence-electron chi connectivity index (χ2n) is 9.12. The van der Waals surface area contributed by atoms with Crippen LogP contribution in [-0.2, 0) is 14.9 Å². The van der Waals surface area contributed by atoms with Crippen molar-refractivity contribution in [1.29, 1.82) is 0 Å². The number of carbonyl (C=O) groups is 1. The fourth-order valence-electron chi connectivity index (χ4n) is 4.30. The van der Waals surface area contributed by atoms with E-state index in [1.165, 1.54) is 11.5 Å². The van der Waals surface area contributed by atoms with Crippen LogP contribution in [0.4, 0.5) is 10.5 Å². The van der Waals surface area contributed by atoms with Crippen LogP contribution in [0.5, 0.6) is 0 Å². The molecule has 1 aromatic heterocycles. The molecule has 0 aliphatic heterocycles. The molecule has 2 N–H and O–H groups in total. The van der Waals surface area contributed by atoms with E-state index in [1.54, 1.807) is 13.0 Å². The van der Waals surface area contributed by atoms with E-state index >= 15 is 0 Å². The normalized spacial score (nSPS) is 13.8. The van der Waals surface area contributed by atoms with Gasteiger partial charge in [0.25, 0.3) is 0 Å². The zero-order valence-electron chi connectivity index (χ0n) is 21.6. The number of halogens is 2. The molecule has 0 unspecified atom stereocenters. The van der Waals surface area contributed by atoms with Crippen molar-refractivity contribution < 1.29 is 49.4 Å². The Morgan fingerprint density at radius 2 is 1.72 bits per heavy atom. The van der Waals surface area contributed by atoms with Crippen molar-refractivity contribution in [1.82, 2.24) is 4.37 Å². The fraction of sp³-hybridized carbons (Fsp3) is 0.207. The van der Waals surface area contributed by atoms with Crippen LogP contribution in [-0.4, -0.2) is 22.2 Å². The molecule has 196 valence electrons. The quantitative estimate of drug-likeness (QED) is 0.231. The number of aryl methyl sites for hydroxylation is 1. The van der Waals surface area contributed by atoms with E-state index in [4.69, 9.17) is 27.9 Å². The van der Waals surface area contributed by atoms with Gasteiger partial charge in [-0.1, -0.05) is 96.2 Å². The van der Waals surface area contributed by atoms with E-state index in [0.717, 1.165) is 45.5 Å². The maximum absolute atomic E-state index is 12.7. The van der Waals surface area contributed by atoms with Crippen LogP contribution in [0.3, 0.4) is 0 Å². The van der Waals surface area contributed by atoms with Crippen LogP contribution < -0.4 is 34.9 Å². The molecule has 1 aliphatic rings. The van der Waals surface area contributed by atoms with Crippen LogP contribution in [0.1, 0.15) is 42.7 Å². The van der Waals surface area contributed by atoms with Crippen LogP contribution in [0.2, 0.25) is 10.0 Å². The topological polar surface area (TPSA) is 98.3 Å². The SMILES string of the molecule is Cc1nsc(-c2ccc(-c3ccc(C4([C-]=O)CC4)cc3)cc2Cl)c1NC(=O)O[C@H](C)c1ccccc1Cl.[Na+].[OH-]. The fourth-order valence-corrected chi connectivity index (χ4v) is 5.80. The number of benzene rings is 3. The van der Waals surface area contributed by atoms with Gasteiger partial charge in [-0.3, -0.25) is 11.6 Å². The maximum atomic E-state index is 12.7. The van der Waals surface area contributed by atoms with Crippen molar-refractivity contribution >= 4 is 52.8 Å². The van der Waals surface area contributed by atoms with Gasteiger partial charge in [-0.2, -0.15) is 4.37 Å². The third kappa shape index (κ3) is 6.57. The molecule has 5 rings (SSSR count). The number of amides is 1. The number of rotatable bonds is 7. The van der Waals surface area contributed by atoms with E-state index in [1.807, 2.05) is 67.6 Å². The molecule has 4 aromatic rings. The zero-order valence-corrected chi connectivity index (χ0v) is 26.0. The summed E-state index contributed by atoms with van der Waals surface area (Å²) < 4.78 is 10.0. The van der Waals surface area contributed by atoms with E-state index in [9.17, 15) is 9.59 Å². The van der Waals surface area contributed by atoms with Crippen molar-refractivity contribution in [2.45, 2.75) is 38.2 Å². The van der Waals surface area contributed by atoms with Crippen molar-refractivity contribution in [3.63, 3.8) is 0 Å². The molecular formula is C29H24Cl2N2NaO4S-. The minimum Gasteiger partial charge on any atom is -0.870 e. The molecule has 0 radical (unpaired) electrons. The summed E-state index contributed by atoms with van der Waals surface area (Å²) in [6, 6.07) is 21.0. The molecule has 6 nitrogen and oxygen atoms in total. The maximum Gasteiger partial charge on any atom is 1.00 e. The predicted molar refractivity (Wildman–Crippen MR) is 151 cm³/mol. The first kappa shape index (κ1) is 31.3. The van der Waals surface area contributed by atoms with E-state index < -0.39 is 17.6 Å². The first-order chi connectivity index (χ1) is 17.8. The molecule has 1 heterocycles. The molecule has 0 bridgehead atoms. The zero-order chi connectivity index (χ0) is 26.2. The standard InChI is InChI=1S/C29H23Cl2N2O3S.Na.H2O/c1-17-26(32-28(35)36-18(2)22-5-3-4-6-24(22)30)27(37-33-17)23-12-9-20(15-25(23)31)19-7-10-21(11-8-19)29(16-34)13-14-29;;/h3-12,15,18H,13-14H2,1-2H3,(H,32,35);;1H2/q-1;+1;/p-1/t18-;;/m1../s1. The van der Waals surface area contributed by atoms with Crippen LogP contribution in [0, 0.1) is 6.92 Å². The molecule has 0 saturated heterocycles. The van der Waals surface area contributed by atoms with E-state index in [0.29, 0.717) is 21.4 Å². The van der Waals surface area contributed by atoms with Gasteiger partial charge >= 0.3 is 35.7 Å². The van der Waals surface area contributed by atoms with Crippen LogP contribution in [0.25, 0.3) is 21.6 Å². The Balaban J connectivity index is 0.00000210. The average Bonchev–Trinajstić information content (AvgIpc) is 3.62. The molecule has 3 aromatic carbocycles. The van der Waals surface area contributed by atoms with E-state index in [-0.39, 0.29) is 35.0 Å². The van der Waals surface area contributed by atoms with Gasteiger partial charge in [-0.05, 0) is 48.6 Å². The Kier molecular flexibility index (Phi) is 10.4. The predicted octanol–water partition coefficient (Wildman–Crippen LogP) is 5.37. The van der Waals surface area contributed by atoms with Gasteiger partial charge in [-0.15, -0.1) is 5.41 Å². The van der Waals surface area contributed by atoms with E-state index in [2.05, 4.69) is 16.0 Å². The largest absolute Gasteiger partial charge is 1.00 e. The molecule has 10 heteroatoms. The molecule has 1 atom stereocenters. The van der Waals surface area contributed by atoms with Crippen molar-refractivity contribution in [3.8, 4) is 21.6 Å². The molecule has 1 saturated carbocycles. The van der Waals surface area contributed by atoms with Gasteiger partial charge < -0.3 is 15.0 Å². The second kappa shape index (κ2) is 13.0. The average molecular weight is 590 g/mol. The van der Waals surface area contributed by atoms with Crippen LogP contribution in [0.15, 0.2) is 66.7 Å². The first-order valence-electron chi connectivity index (χ1n) is 11.8. The Labute approximate surface area is 263 Å². The number of hydrogen-bond acceptors (Lipinski definition) is 6. The summed E-state index contributed by atoms with van der Waals surface area (Å²) in [7, 11) is 0. The Hall–Kier alpha value is -2.23.